The number of hydrogen-bond acceptors (Lipinski definition) is 7. The number of amides is 2. The highest BCUT2D eigenvalue weighted by atomic mass is 16.7. The maximum absolute atomic E-state index is 13.8. The Morgan fingerprint density at radius 3 is 2.38 bits per heavy atom. The number of hydrogen-bond donors (Lipinski definition) is 2. The van der Waals surface area contributed by atoms with Gasteiger partial charge in [0, 0.05) is 36.3 Å². The largest absolute Gasteiger partial charge is 0.454 e. The Morgan fingerprint density at radius 2 is 1.64 bits per heavy atom. The first-order valence-corrected chi connectivity index (χ1v) is 15.0. The van der Waals surface area contributed by atoms with Gasteiger partial charge in [-0.15, -0.1) is 0 Å². The van der Waals surface area contributed by atoms with Gasteiger partial charge in [0.1, 0.15) is 5.78 Å². The van der Waals surface area contributed by atoms with Gasteiger partial charge in [0.25, 0.3) is 5.91 Å². The molecule has 2 aromatic rings. The Hall–Kier alpha value is -4.01. The molecule has 1 aliphatic heterocycles. The Morgan fingerprint density at radius 1 is 0.881 bits per heavy atom. The van der Waals surface area contributed by atoms with Crippen molar-refractivity contribution < 1.29 is 33.4 Å². The lowest BCUT2D eigenvalue weighted by Crippen LogP contribution is -2.52. The molecule has 0 unspecified atom stereocenters. The van der Waals surface area contributed by atoms with Gasteiger partial charge in [-0.25, -0.2) is 0 Å². The van der Waals surface area contributed by atoms with Crippen molar-refractivity contribution in [2.45, 2.75) is 82.7 Å². The minimum atomic E-state index is -1.15. The number of carbonyl (C=O) groups is 5. The minimum absolute atomic E-state index is 0.0496. The van der Waals surface area contributed by atoms with Crippen molar-refractivity contribution in [3.05, 3.63) is 59.7 Å². The normalized spacial score (nSPS) is 19.6. The third-order valence-corrected chi connectivity index (χ3v) is 8.57. The van der Waals surface area contributed by atoms with Gasteiger partial charge in [-0.1, -0.05) is 49.6 Å². The zero-order chi connectivity index (χ0) is 29.5. The van der Waals surface area contributed by atoms with E-state index < -0.39 is 29.6 Å². The standard InChI is InChI=1S/C33H38N2O7/c36-27-13-7-10-22(27)17-26(31(38)33(40)34-25-11-5-2-6-12-25)35-32(39)24(16-21-8-3-1-4-9-21)18-28(37)23-14-15-29-30(19-23)42-20-41-29/h1,3-4,8-9,14-15,19,22,24-26H,2,5-7,10-13,16-18,20H2,(H,34,40)(H,35,39)/t22-,24+,26-/m0/s1. The summed E-state index contributed by atoms with van der Waals surface area (Å²) in [4.78, 5) is 66.1. The van der Waals surface area contributed by atoms with Crippen LogP contribution in [0.15, 0.2) is 48.5 Å². The Bertz CT molecular complexity index is 1320. The first kappa shape index (κ1) is 29.5. The molecule has 0 radical (unpaired) electrons. The van der Waals surface area contributed by atoms with Crippen LogP contribution in [-0.4, -0.2) is 48.0 Å². The number of rotatable bonds is 12. The van der Waals surface area contributed by atoms with E-state index >= 15 is 0 Å². The van der Waals surface area contributed by atoms with Crippen molar-refractivity contribution in [3.8, 4) is 11.5 Å². The molecule has 2 saturated carbocycles. The third kappa shape index (κ3) is 7.43. The number of ketones is 3. The molecule has 9 nitrogen and oxygen atoms in total. The summed E-state index contributed by atoms with van der Waals surface area (Å²) < 4.78 is 10.7. The van der Waals surface area contributed by atoms with E-state index in [-0.39, 0.29) is 49.6 Å². The van der Waals surface area contributed by atoms with Crippen LogP contribution in [0.1, 0.15) is 80.1 Å². The van der Waals surface area contributed by atoms with Gasteiger partial charge in [-0.2, -0.15) is 0 Å². The van der Waals surface area contributed by atoms with Crippen LogP contribution in [0.5, 0.6) is 11.5 Å². The van der Waals surface area contributed by atoms with Crippen molar-refractivity contribution in [1.29, 1.82) is 0 Å². The average Bonchev–Trinajstić information content (AvgIpc) is 3.65. The summed E-state index contributed by atoms with van der Waals surface area (Å²) in [6.45, 7) is 0.0826. The summed E-state index contributed by atoms with van der Waals surface area (Å²) in [5.41, 5.74) is 1.25. The number of ether oxygens (including phenoxy) is 2. The average molecular weight is 575 g/mol. The summed E-state index contributed by atoms with van der Waals surface area (Å²) in [6.07, 6.45) is 6.75. The molecule has 0 aromatic heterocycles. The predicted molar refractivity (Wildman–Crippen MR) is 154 cm³/mol. The summed E-state index contributed by atoms with van der Waals surface area (Å²) in [5, 5.41) is 5.65. The fourth-order valence-electron chi connectivity index (χ4n) is 6.17. The van der Waals surface area contributed by atoms with Gasteiger partial charge in [-0.3, -0.25) is 24.0 Å². The van der Waals surface area contributed by atoms with Crippen LogP contribution in [0, 0.1) is 11.8 Å². The van der Waals surface area contributed by atoms with Crippen molar-refractivity contribution in [2.75, 3.05) is 6.79 Å². The van der Waals surface area contributed by atoms with Crippen LogP contribution in [-0.2, 0) is 25.6 Å². The first-order chi connectivity index (χ1) is 20.4. The summed E-state index contributed by atoms with van der Waals surface area (Å²) in [6, 6.07) is 13.0. The van der Waals surface area contributed by atoms with E-state index in [1.165, 1.54) is 0 Å². The SMILES string of the molecule is O=C(NC1CCCCC1)C(=O)[C@H](C[C@@H]1CCCC1=O)NC(=O)[C@@H](CC(=O)c1ccc2c(c1)OCO2)Cc1ccccc1. The number of Topliss-reactive ketones (excluding diaryl/α,β-unsaturated/α-hetero) is 3. The lowest BCUT2D eigenvalue weighted by molar-refractivity contribution is -0.141. The Labute approximate surface area is 245 Å². The zero-order valence-electron chi connectivity index (χ0n) is 23.8. The van der Waals surface area contributed by atoms with E-state index in [1.54, 1.807) is 18.2 Å². The summed E-state index contributed by atoms with van der Waals surface area (Å²) in [7, 11) is 0. The molecular weight excluding hydrogens is 536 g/mol. The molecule has 9 heteroatoms. The maximum atomic E-state index is 13.8. The van der Waals surface area contributed by atoms with Crippen molar-refractivity contribution in [2.24, 2.45) is 11.8 Å². The molecule has 2 fully saturated rings. The molecule has 2 amide bonds. The van der Waals surface area contributed by atoms with E-state index in [9.17, 15) is 24.0 Å². The Balaban J connectivity index is 1.33. The lowest BCUT2D eigenvalue weighted by Gasteiger charge is -2.26. The minimum Gasteiger partial charge on any atom is -0.454 e. The van der Waals surface area contributed by atoms with E-state index in [1.807, 2.05) is 30.3 Å². The lowest BCUT2D eigenvalue weighted by atomic mass is 9.89. The molecule has 2 aliphatic carbocycles. The topological polar surface area (TPSA) is 128 Å². The highest BCUT2D eigenvalue weighted by Gasteiger charge is 2.36. The molecule has 0 saturated heterocycles. The zero-order valence-corrected chi connectivity index (χ0v) is 23.8. The smallest absolute Gasteiger partial charge is 0.289 e. The second-order valence-electron chi connectivity index (χ2n) is 11.6. The van der Waals surface area contributed by atoms with Gasteiger partial charge >= 0.3 is 0 Å². The molecule has 0 spiro atoms. The molecular formula is C33H38N2O7. The van der Waals surface area contributed by atoms with Crippen LogP contribution in [0.4, 0.5) is 0 Å². The number of fused-ring (bicyclic) bond motifs is 1. The predicted octanol–water partition coefficient (Wildman–Crippen LogP) is 4.11. The second-order valence-corrected chi connectivity index (χ2v) is 11.6. The van der Waals surface area contributed by atoms with Crippen LogP contribution in [0.2, 0.25) is 0 Å². The van der Waals surface area contributed by atoms with Gasteiger partial charge in [0.15, 0.2) is 17.3 Å². The van der Waals surface area contributed by atoms with Crippen LogP contribution >= 0.6 is 0 Å². The van der Waals surface area contributed by atoms with Crippen molar-refractivity contribution >= 4 is 29.2 Å². The van der Waals surface area contributed by atoms with Gasteiger partial charge in [0.05, 0.1) is 6.04 Å². The summed E-state index contributed by atoms with van der Waals surface area (Å²) >= 11 is 0. The second kappa shape index (κ2) is 13.8. The third-order valence-electron chi connectivity index (χ3n) is 8.57. The number of benzene rings is 2. The van der Waals surface area contributed by atoms with Crippen LogP contribution in [0.3, 0.4) is 0 Å². The molecule has 5 rings (SSSR count). The van der Waals surface area contributed by atoms with Gasteiger partial charge in [0.2, 0.25) is 18.5 Å². The van der Waals surface area contributed by atoms with E-state index in [4.69, 9.17) is 9.47 Å². The molecule has 3 aliphatic rings. The fourth-order valence-corrected chi connectivity index (χ4v) is 6.17. The Kier molecular flexibility index (Phi) is 9.66. The summed E-state index contributed by atoms with van der Waals surface area (Å²) in [5.74, 6) is -2.34. The van der Waals surface area contributed by atoms with Gasteiger partial charge < -0.3 is 20.1 Å². The molecule has 1 heterocycles. The van der Waals surface area contributed by atoms with Crippen molar-refractivity contribution in [3.63, 3.8) is 0 Å². The molecule has 2 aromatic carbocycles. The van der Waals surface area contributed by atoms with Crippen LogP contribution < -0.4 is 20.1 Å². The van der Waals surface area contributed by atoms with E-state index in [0.29, 0.717) is 29.9 Å². The fraction of sp³-hybridized carbons (Fsp3) is 0.485. The highest BCUT2D eigenvalue weighted by molar-refractivity contribution is 6.38. The molecule has 42 heavy (non-hydrogen) atoms. The van der Waals surface area contributed by atoms with Crippen LogP contribution in [0.25, 0.3) is 0 Å². The number of nitrogens with one attached hydrogen (secondary N) is 2. The van der Waals surface area contributed by atoms with E-state index in [0.717, 1.165) is 44.1 Å². The van der Waals surface area contributed by atoms with Gasteiger partial charge in [-0.05, 0) is 62.3 Å². The molecule has 3 atom stereocenters. The highest BCUT2D eigenvalue weighted by Crippen LogP contribution is 2.33. The number of carbonyl (C=O) groups excluding carboxylic acids is 5. The van der Waals surface area contributed by atoms with Crippen molar-refractivity contribution in [1.82, 2.24) is 10.6 Å². The van der Waals surface area contributed by atoms with E-state index in [2.05, 4.69) is 10.6 Å². The maximum Gasteiger partial charge on any atom is 0.289 e. The molecule has 2 N–H and O–H groups in total. The quantitative estimate of drug-likeness (QED) is 0.288. The molecule has 222 valence electrons. The monoisotopic (exact) mass is 574 g/mol. The first-order valence-electron chi connectivity index (χ1n) is 15.0. The molecule has 0 bridgehead atoms.